The molecule has 82 valence electrons. The van der Waals surface area contributed by atoms with Crippen molar-refractivity contribution < 1.29 is 9.90 Å². The van der Waals surface area contributed by atoms with Gasteiger partial charge in [0, 0.05) is 17.0 Å². The van der Waals surface area contributed by atoms with E-state index in [1.165, 1.54) is 6.20 Å². The van der Waals surface area contributed by atoms with Crippen LogP contribution in [0.2, 0.25) is 0 Å². The minimum Gasteiger partial charge on any atom is -0.477 e. The molecule has 0 saturated heterocycles. The molecular formula is C11H11N3O2. The second-order valence-electron chi connectivity index (χ2n) is 3.59. The molecule has 0 radical (unpaired) electrons. The summed E-state index contributed by atoms with van der Waals surface area (Å²) in [5.41, 5.74) is 2.69. The van der Waals surface area contributed by atoms with Crippen LogP contribution in [0.1, 0.15) is 21.9 Å². The monoisotopic (exact) mass is 217 g/mol. The third-order valence-electron chi connectivity index (χ3n) is 2.16. The van der Waals surface area contributed by atoms with Crippen LogP contribution in [-0.2, 0) is 0 Å². The van der Waals surface area contributed by atoms with Crippen LogP contribution in [-0.4, -0.2) is 26.0 Å². The molecule has 2 rings (SSSR count). The standard InChI is InChI=1S/C11H11N3O2/c1-6-3-8(4-7(2)13-6)10-12-5-9(14-10)11(15)16/h3-5H,1-2H3,(H,12,14)(H,15,16). The van der Waals surface area contributed by atoms with Crippen molar-refractivity contribution in [1.82, 2.24) is 15.0 Å². The number of hydrogen-bond donors (Lipinski definition) is 2. The Morgan fingerprint density at radius 1 is 1.31 bits per heavy atom. The van der Waals surface area contributed by atoms with E-state index in [0.29, 0.717) is 5.82 Å². The first-order chi connectivity index (χ1) is 7.56. The maximum Gasteiger partial charge on any atom is 0.353 e. The van der Waals surface area contributed by atoms with Crippen LogP contribution in [0.4, 0.5) is 0 Å². The average Bonchev–Trinajstić information content (AvgIpc) is 2.64. The summed E-state index contributed by atoms with van der Waals surface area (Å²) in [6.45, 7) is 3.77. The fourth-order valence-corrected chi connectivity index (χ4v) is 1.55. The molecule has 2 heterocycles. The van der Waals surface area contributed by atoms with Gasteiger partial charge in [-0.2, -0.15) is 0 Å². The Balaban J connectivity index is 2.46. The van der Waals surface area contributed by atoms with Crippen molar-refractivity contribution in [3.05, 3.63) is 35.4 Å². The van der Waals surface area contributed by atoms with Crippen molar-refractivity contribution in [3.8, 4) is 11.4 Å². The molecular weight excluding hydrogens is 206 g/mol. The summed E-state index contributed by atoms with van der Waals surface area (Å²) in [4.78, 5) is 21.7. The van der Waals surface area contributed by atoms with Gasteiger partial charge in [0.05, 0.1) is 6.20 Å². The fourth-order valence-electron chi connectivity index (χ4n) is 1.55. The lowest BCUT2D eigenvalue weighted by molar-refractivity contribution is 0.0691. The summed E-state index contributed by atoms with van der Waals surface area (Å²) >= 11 is 0. The number of H-pyrrole nitrogens is 1. The SMILES string of the molecule is Cc1cc(-c2ncc(C(=O)O)[nH]2)cc(C)n1. The maximum atomic E-state index is 10.7. The third kappa shape index (κ3) is 1.93. The molecule has 16 heavy (non-hydrogen) atoms. The number of aromatic carboxylic acids is 1. The minimum atomic E-state index is -1.01. The lowest BCUT2D eigenvalue weighted by Crippen LogP contribution is -1.96. The molecule has 0 aliphatic heterocycles. The summed E-state index contributed by atoms with van der Waals surface area (Å²) in [5.74, 6) is -0.466. The van der Waals surface area contributed by atoms with Gasteiger partial charge >= 0.3 is 5.97 Å². The van der Waals surface area contributed by atoms with Crippen LogP contribution < -0.4 is 0 Å². The summed E-state index contributed by atoms with van der Waals surface area (Å²) in [7, 11) is 0. The van der Waals surface area contributed by atoms with Crippen LogP contribution in [0.15, 0.2) is 18.3 Å². The van der Waals surface area contributed by atoms with Crippen molar-refractivity contribution in [3.63, 3.8) is 0 Å². The largest absolute Gasteiger partial charge is 0.477 e. The van der Waals surface area contributed by atoms with Gasteiger partial charge in [-0.3, -0.25) is 4.98 Å². The zero-order chi connectivity index (χ0) is 11.7. The number of aryl methyl sites for hydroxylation is 2. The maximum absolute atomic E-state index is 10.7. The smallest absolute Gasteiger partial charge is 0.353 e. The van der Waals surface area contributed by atoms with Gasteiger partial charge in [0.15, 0.2) is 0 Å². The molecule has 0 fully saturated rings. The second-order valence-corrected chi connectivity index (χ2v) is 3.59. The molecule has 0 aliphatic rings. The van der Waals surface area contributed by atoms with E-state index in [9.17, 15) is 4.79 Å². The Morgan fingerprint density at radius 3 is 2.44 bits per heavy atom. The van der Waals surface area contributed by atoms with E-state index in [2.05, 4.69) is 15.0 Å². The normalized spacial score (nSPS) is 10.4. The summed E-state index contributed by atoms with van der Waals surface area (Å²) in [6, 6.07) is 3.72. The number of rotatable bonds is 2. The van der Waals surface area contributed by atoms with Gasteiger partial charge < -0.3 is 10.1 Å². The number of aromatic nitrogens is 3. The summed E-state index contributed by atoms with van der Waals surface area (Å²) in [5, 5.41) is 8.77. The first-order valence-electron chi connectivity index (χ1n) is 4.80. The highest BCUT2D eigenvalue weighted by molar-refractivity contribution is 5.85. The molecule has 0 saturated carbocycles. The fraction of sp³-hybridized carbons (Fsp3) is 0.182. The molecule has 0 aromatic carbocycles. The third-order valence-corrected chi connectivity index (χ3v) is 2.16. The topological polar surface area (TPSA) is 78.9 Å². The van der Waals surface area contributed by atoms with Gasteiger partial charge in [-0.1, -0.05) is 0 Å². The Hall–Kier alpha value is -2.17. The average molecular weight is 217 g/mol. The summed E-state index contributed by atoms with van der Waals surface area (Å²) in [6.07, 6.45) is 1.31. The summed E-state index contributed by atoms with van der Waals surface area (Å²) < 4.78 is 0. The van der Waals surface area contributed by atoms with Crippen molar-refractivity contribution in [2.45, 2.75) is 13.8 Å². The molecule has 0 unspecified atom stereocenters. The van der Waals surface area contributed by atoms with Crippen LogP contribution in [0.5, 0.6) is 0 Å². The van der Waals surface area contributed by atoms with Gasteiger partial charge in [-0.15, -0.1) is 0 Å². The van der Waals surface area contributed by atoms with Crippen LogP contribution in [0.25, 0.3) is 11.4 Å². The van der Waals surface area contributed by atoms with E-state index in [4.69, 9.17) is 5.11 Å². The van der Waals surface area contributed by atoms with Crippen LogP contribution in [0.3, 0.4) is 0 Å². The molecule has 2 aromatic heterocycles. The molecule has 5 heteroatoms. The molecule has 0 bridgehead atoms. The molecule has 2 aromatic rings. The predicted molar refractivity (Wildman–Crippen MR) is 58.3 cm³/mol. The Bertz CT molecular complexity index is 526. The Labute approximate surface area is 92.2 Å². The first-order valence-corrected chi connectivity index (χ1v) is 4.80. The number of nitrogens with zero attached hydrogens (tertiary/aromatic N) is 2. The van der Waals surface area contributed by atoms with Gasteiger partial charge in [0.1, 0.15) is 11.5 Å². The molecule has 2 N–H and O–H groups in total. The van der Waals surface area contributed by atoms with E-state index >= 15 is 0 Å². The van der Waals surface area contributed by atoms with E-state index in [-0.39, 0.29) is 5.69 Å². The molecule has 0 aliphatic carbocycles. The van der Waals surface area contributed by atoms with Crippen molar-refractivity contribution in [2.75, 3.05) is 0 Å². The predicted octanol–water partition coefficient (Wildman–Crippen LogP) is 1.79. The number of carbonyl (C=O) groups is 1. The Kier molecular flexibility index (Phi) is 2.44. The highest BCUT2D eigenvalue weighted by Gasteiger charge is 2.09. The van der Waals surface area contributed by atoms with Crippen molar-refractivity contribution >= 4 is 5.97 Å². The van der Waals surface area contributed by atoms with Crippen LogP contribution in [0, 0.1) is 13.8 Å². The molecule has 0 atom stereocenters. The minimum absolute atomic E-state index is 0.0853. The van der Waals surface area contributed by atoms with Crippen molar-refractivity contribution in [2.24, 2.45) is 0 Å². The highest BCUT2D eigenvalue weighted by Crippen LogP contribution is 2.17. The van der Waals surface area contributed by atoms with Gasteiger partial charge in [0.25, 0.3) is 0 Å². The second kappa shape index (κ2) is 3.77. The van der Waals surface area contributed by atoms with Crippen molar-refractivity contribution in [1.29, 1.82) is 0 Å². The van der Waals surface area contributed by atoms with Crippen LogP contribution >= 0.6 is 0 Å². The van der Waals surface area contributed by atoms with E-state index in [1.807, 2.05) is 26.0 Å². The van der Waals surface area contributed by atoms with Gasteiger partial charge in [-0.05, 0) is 26.0 Å². The lowest BCUT2D eigenvalue weighted by atomic mass is 10.2. The molecule has 5 nitrogen and oxygen atoms in total. The van der Waals surface area contributed by atoms with E-state index in [1.54, 1.807) is 0 Å². The number of pyridine rings is 1. The van der Waals surface area contributed by atoms with Gasteiger partial charge in [-0.25, -0.2) is 9.78 Å². The zero-order valence-corrected chi connectivity index (χ0v) is 8.98. The number of imidazole rings is 1. The Morgan fingerprint density at radius 2 is 1.94 bits per heavy atom. The quantitative estimate of drug-likeness (QED) is 0.803. The first kappa shape index (κ1) is 10.4. The van der Waals surface area contributed by atoms with E-state index in [0.717, 1.165) is 17.0 Å². The van der Waals surface area contributed by atoms with Gasteiger partial charge in [0.2, 0.25) is 0 Å². The number of hydrogen-bond acceptors (Lipinski definition) is 3. The number of carboxylic acid groups (broad SMARTS) is 1. The van der Waals surface area contributed by atoms with E-state index < -0.39 is 5.97 Å². The number of aromatic amines is 1. The zero-order valence-electron chi connectivity index (χ0n) is 8.98. The molecule has 0 amide bonds. The molecule has 0 spiro atoms. The number of carboxylic acids is 1. The number of nitrogens with one attached hydrogen (secondary N) is 1. The lowest BCUT2D eigenvalue weighted by Gasteiger charge is -2.00. The highest BCUT2D eigenvalue weighted by atomic mass is 16.4.